The summed E-state index contributed by atoms with van der Waals surface area (Å²) in [6.07, 6.45) is 3.81. The standard InChI is InChI=1S/C9H15N3S/c1-2-5-10-6-8-9(7-3-4-7)11-12-13-8/h7,10H,2-6H2,1H3. The van der Waals surface area contributed by atoms with Gasteiger partial charge < -0.3 is 5.32 Å². The molecule has 1 saturated carbocycles. The van der Waals surface area contributed by atoms with Crippen molar-refractivity contribution in [2.75, 3.05) is 6.54 Å². The average Bonchev–Trinajstić information content (AvgIpc) is 2.88. The third-order valence-corrected chi connectivity index (χ3v) is 3.00. The van der Waals surface area contributed by atoms with Gasteiger partial charge >= 0.3 is 0 Å². The van der Waals surface area contributed by atoms with E-state index in [0.717, 1.165) is 19.0 Å². The van der Waals surface area contributed by atoms with Gasteiger partial charge in [-0.2, -0.15) is 0 Å². The summed E-state index contributed by atoms with van der Waals surface area (Å²) in [4.78, 5) is 1.34. The van der Waals surface area contributed by atoms with E-state index in [1.165, 1.54) is 29.8 Å². The monoisotopic (exact) mass is 197 g/mol. The summed E-state index contributed by atoms with van der Waals surface area (Å²) in [5, 5.41) is 7.58. The maximum absolute atomic E-state index is 4.19. The molecule has 72 valence electrons. The Morgan fingerprint density at radius 3 is 3.08 bits per heavy atom. The Morgan fingerprint density at radius 2 is 2.38 bits per heavy atom. The normalized spacial score (nSPS) is 16.4. The molecule has 1 N–H and O–H groups in total. The van der Waals surface area contributed by atoms with Crippen molar-refractivity contribution in [3.8, 4) is 0 Å². The van der Waals surface area contributed by atoms with Crippen molar-refractivity contribution in [2.45, 2.75) is 38.6 Å². The van der Waals surface area contributed by atoms with Gasteiger partial charge in [0.25, 0.3) is 0 Å². The topological polar surface area (TPSA) is 37.8 Å². The molecule has 0 aromatic carbocycles. The van der Waals surface area contributed by atoms with E-state index >= 15 is 0 Å². The van der Waals surface area contributed by atoms with Crippen LogP contribution >= 0.6 is 11.5 Å². The lowest BCUT2D eigenvalue weighted by Crippen LogP contribution is -2.13. The van der Waals surface area contributed by atoms with Gasteiger partial charge in [-0.25, -0.2) is 0 Å². The molecule has 1 aliphatic carbocycles. The highest BCUT2D eigenvalue weighted by atomic mass is 32.1. The van der Waals surface area contributed by atoms with Crippen molar-refractivity contribution in [1.29, 1.82) is 0 Å². The van der Waals surface area contributed by atoms with Crippen LogP contribution in [0.2, 0.25) is 0 Å². The van der Waals surface area contributed by atoms with Crippen LogP contribution in [0.4, 0.5) is 0 Å². The van der Waals surface area contributed by atoms with E-state index in [1.54, 1.807) is 11.5 Å². The van der Waals surface area contributed by atoms with Crippen LogP contribution in [-0.2, 0) is 6.54 Å². The largest absolute Gasteiger partial charge is 0.312 e. The first-order valence-electron chi connectivity index (χ1n) is 4.93. The summed E-state index contributed by atoms with van der Waals surface area (Å²) in [6.45, 7) is 4.22. The van der Waals surface area contributed by atoms with Gasteiger partial charge in [-0.1, -0.05) is 11.4 Å². The quantitative estimate of drug-likeness (QED) is 0.733. The zero-order valence-corrected chi connectivity index (χ0v) is 8.73. The van der Waals surface area contributed by atoms with Crippen molar-refractivity contribution in [2.24, 2.45) is 0 Å². The predicted octanol–water partition coefficient (Wildman–Crippen LogP) is 1.92. The van der Waals surface area contributed by atoms with Crippen molar-refractivity contribution < 1.29 is 0 Å². The van der Waals surface area contributed by atoms with E-state index in [0.29, 0.717) is 0 Å². The number of hydrogen-bond donors (Lipinski definition) is 1. The third-order valence-electron chi connectivity index (χ3n) is 2.26. The van der Waals surface area contributed by atoms with Crippen molar-refractivity contribution in [1.82, 2.24) is 14.9 Å². The molecule has 1 aromatic rings. The molecule has 1 aromatic heterocycles. The van der Waals surface area contributed by atoms with Gasteiger partial charge in [0.1, 0.15) is 0 Å². The van der Waals surface area contributed by atoms with E-state index in [9.17, 15) is 0 Å². The minimum Gasteiger partial charge on any atom is -0.312 e. The van der Waals surface area contributed by atoms with E-state index in [2.05, 4.69) is 21.8 Å². The second kappa shape index (κ2) is 4.15. The molecule has 0 unspecified atom stereocenters. The number of hydrogen-bond acceptors (Lipinski definition) is 4. The molecule has 2 rings (SSSR count). The van der Waals surface area contributed by atoms with Gasteiger partial charge in [0.05, 0.1) is 10.6 Å². The fourth-order valence-corrected chi connectivity index (χ4v) is 2.08. The SMILES string of the molecule is CCCNCc1snnc1C1CC1. The summed E-state index contributed by atoms with van der Waals surface area (Å²) in [5.74, 6) is 0.733. The van der Waals surface area contributed by atoms with E-state index in [1.807, 2.05) is 0 Å². The molecule has 0 atom stereocenters. The Balaban J connectivity index is 1.90. The Labute approximate surface area is 82.7 Å². The van der Waals surface area contributed by atoms with Crippen LogP contribution in [0.3, 0.4) is 0 Å². The lowest BCUT2D eigenvalue weighted by molar-refractivity contribution is 0.676. The lowest BCUT2D eigenvalue weighted by Gasteiger charge is -2.00. The van der Waals surface area contributed by atoms with Crippen LogP contribution in [0.25, 0.3) is 0 Å². The zero-order chi connectivity index (χ0) is 9.10. The molecule has 13 heavy (non-hydrogen) atoms. The molecular formula is C9H15N3S. The number of aromatic nitrogens is 2. The minimum absolute atomic E-state index is 0.733. The van der Waals surface area contributed by atoms with Crippen LogP contribution in [0.1, 0.15) is 42.7 Å². The Bertz CT molecular complexity index is 268. The van der Waals surface area contributed by atoms with Crippen LogP contribution in [0.5, 0.6) is 0 Å². The third kappa shape index (κ3) is 2.25. The van der Waals surface area contributed by atoms with Gasteiger partial charge in [-0.05, 0) is 37.3 Å². The predicted molar refractivity (Wildman–Crippen MR) is 53.9 cm³/mol. The molecule has 1 fully saturated rings. The highest BCUT2D eigenvalue weighted by molar-refractivity contribution is 7.05. The number of nitrogens with zero attached hydrogens (tertiary/aromatic N) is 2. The first kappa shape index (κ1) is 9.09. The second-order valence-electron chi connectivity index (χ2n) is 3.53. The molecule has 0 bridgehead atoms. The zero-order valence-electron chi connectivity index (χ0n) is 7.92. The van der Waals surface area contributed by atoms with E-state index < -0.39 is 0 Å². The first-order chi connectivity index (χ1) is 6.42. The molecule has 1 aliphatic rings. The molecular weight excluding hydrogens is 182 g/mol. The Hall–Kier alpha value is -0.480. The first-order valence-corrected chi connectivity index (χ1v) is 5.71. The maximum Gasteiger partial charge on any atom is 0.0831 e. The summed E-state index contributed by atoms with van der Waals surface area (Å²) in [5.41, 5.74) is 1.26. The average molecular weight is 197 g/mol. The second-order valence-corrected chi connectivity index (χ2v) is 4.37. The van der Waals surface area contributed by atoms with E-state index in [-0.39, 0.29) is 0 Å². The van der Waals surface area contributed by atoms with Crippen molar-refractivity contribution >= 4 is 11.5 Å². The van der Waals surface area contributed by atoms with E-state index in [4.69, 9.17) is 0 Å². The Kier molecular flexibility index (Phi) is 2.90. The lowest BCUT2D eigenvalue weighted by atomic mass is 10.2. The molecule has 0 spiro atoms. The van der Waals surface area contributed by atoms with Gasteiger partial charge in [0.15, 0.2) is 0 Å². The fourth-order valence-electron chi connectivity index (χ4n) is 1.38. The van der Waals surface area contributed by atoms with Crippen LogP contribution < -0.4 is 5.32 Å². The fraction of sp³-hybridized carbons (Fsp3) is 0.778. The highest BCUT2D eigenvalue weighted by Gasteiger charge is 2.28. The molecule has 4 heteroatoms. The van der Waals surface area contributed by atoms with Crippen LogP contribution in [-0.4, -0.2) is 16.1 Å². The molecule has 0 amide bonds. The maximum atomic E-state index is 4.19. The number of rotatable bonds is 5. The van der Waals surface area contributed by atoms with Gasteiger partial charge in [0, 0.05) is 12.5 Å². The minimum atomic E-state index is 0.733. The van der Waals surface area contributed by atoms with Gasteiger partial charge in [-0.3, -0.25) is 0 Å². The van der Waals surface area contributed by atoms with Gasteiger partial charge in [0.2, 0.25) is 0 Å². The number of nitrogens with one attached hydrogen (secondary N) is 1. The molecule has 0 saturated heterocycles. The van der Waals surface area contributed by atoms with Crippen LogP contribution in [0, 0.1) is 0 Å². The molecule has 3 nitrogen and oxygen atoms in total. The van der Waals surface area contributed by atoms with Crippen molar-refractivity contribution in [3.63, 3.8) is 0 Å². The Morgan fingerprint density at radius 1 is 1.54 bits per heavy atom. The molecule has 1 heterocycles. The smallest absolute Gasteiger partial charge is 0.0831 e. The summed E-state index contributed by atoms with van der Waals surface area (Å²) in [7, 11) is 0. The van der Waals surface area contributed by atoms with Gasteiger partial charge in [-0.15, -0.1) is 5.10 Å². The van der Waals surface area contributed by atoms with Crippen molar-refractivity contribution in [3.05, 3.63) is 10.6 Å². The summed E-state index contributed by atoms with van der Waals surface area (Å²) in [6, 6.07) is 0. The molecule has 0 radical (unpaired) electrons. The molecule has 0 aliphatic heterocycles. The summed E-state index contributed by atoms with van der Waals surface area (Å²) < 4.78 is 4.01. The highest BCUT2D eigenvalue weighted by Crippen LogP contribution is 2.41. The van der Waals surface area contributed by atoms with Crippen LogP contribution in [0.15, 0.2) is 0 Å². The summed E-state index contributed by atoms with van der Waals surface area (Å²) >= 11 is 1.54.